The minimum absolute atomic E-state index is 0.000639. The SMILES string of the molecule is O=C(CCCC(=O)c1ccccc1)Nc1ccc(S(=O)(=O)Nc2nccs2)cc1. The summed E-state index contributed by atoms with van der Waals surface area (Å²) in [7, 11) is -3.73. The first-order valence-corrected chi connectivity index (χ1v) is 11.2. The van der Waals surface area contributed by atoms with Crippen molar-refractivity contribution in [3.05, 3.63) is 71.7 Å². The largest absolute Gasteiger partial charge is 0.326 e. The normalized spacial score (nSPS) is 11.0. The lowest BCUT2D eigenvalue weighted by Crippen LogP contribution is -2.14. The van der Waals surface area contributed by atoms with Gasteiger partial charge in [0, 0.05) is 35.7 Å². The van der Waals surface area contributed by atoms with E-state index in [1.54, 1.807) is 29.6 Å². The summed E-state index contributed by atoms with van der Waals surface area (Å²) in [5.41, 5.74) is 1.12. The van der Waals surface area contributed by atoms with Crippen molar-refractivity contribution in [3.63, 3.8) is 0 Å². The lowest BCUT2D eigenvalue weighted by molar-refractivity contribution is -0.116. The monoisotopic (exact) mass is 429 g/mol. The number of nitrogens with zero attached hydrogens (tertiary/aromatic N) is 1. The zero-order valence-electron chi connectivity index (χ0n) is 15.4. The molecule has 1 amide bonds. The number of thiazole rings is 1. The van der Waals surface area contributed by atoms with Crippen LogP contribution in [-0.4, -0.2) is 25.1 Å². The molecule has 0 saturated carbocycles. The Kier molecular flexibility index (Phi) is 6.73. The summed E-state index contributed by atoms with van der Waals surface area (Å²) in [4.78, 5) is 28.1. The molecule has 7 nitrogen and oxygen atoms in total. The summed E-state index contributed by atoms with van der Waals surface area (Å²) in [6, 6.07) is 14.8. The van der Waals surface area contributed by atoms with Crippen LogP contribution >= 0.6 is 11.3 Å². The van der Waals surface area contributed by atoms with Gasteiger partial charge in [0.2, 0.25) is 5.91 Å². The van der Waals surface area contributed by atoms with E-state index in [4.69, 9.17) is 0 Å². The number of amides is 1. The van der Waals surface area contributed by atoms with Crippen molar-refractivity contribution in [2.24, 2.45) is 0 Å². The number of benzene rings is 2. The third-order valence-electron chi connectivity index (χ3n) is 4.01. The lowest BCUT2D eigenvalue weighted by Gasteiger charge is -2.08. The average molecular weight is 430 g/mol. The fourth-order valence-corrected chi connectivity index (χ4v) is 4.36. The van der Waals surface area contributed by atoms with Crippen molar-refractivity contribution in [1.29, 1.82) is 0 Å². The number of nitrogens with one attached hydrogen (secondary N) is 2. The van der Waals surface area contributed by atoms with Crippen molar-refractivity contribution in [2.75, 3.05) is 10.0 Å². The van der Waals surface area contributed by atoms with Crippen LogP contribution in [0.4, 0.5) is 10.8 Å². The van der Waals surface area contributed by atoms with Gasteiger partial charge >= 0.3 is 0 Å². The van der Waals surface area contributed by atoms with Crippen molar-refractivity contribution >= 4 is 43.9 Å². The molecule has 0 fully saturated rings. The van der Waals surface area contributed by atoms with Gasteiger partial charge in [0.25, 0.3) is 10.0 Å². The molecule has 0 aliphatic heterocycles. The highest BCUT2D eigenvalue weighted by atomic mass is 32.2. The topological polar surface area (TPSA) is 105 Å². The minimum Gasteiger partial charge on any atom is -0.326 e. The zero-order chi connectivity index (χ0) is 20.7. The number of sulfonamides is 1. The van der Waals surface area contributed by atoms with E-state index in [-0.39, 0.29) is 34.6 Å². The van der Waals surface area contributed by atoms with Gasteiger partial charge in [-0.05, 0) is 30.7 Å². The molecule has 1 aromatic heterocycles. The Balaban J connectivity index is 1.49. The maximum Gasteiger partial charge on any atom is 0.263 e. The number of carbonyl (C=O) groups is 2. The Bertz CT molecular complexity index is 1060. The first-order chi connectivity index (χ1) is 13.9. The van der Waals surface area contributed by atoms with Crippen LogP contribution in [0.2, 0.25) is 0 Å². The van der Waals surface area contributed by atoms with E-state index in [9.17, 15) is 18.0 Å². The molecular weight excluding hydrogens is 410 g/mol. The second-order valence-corrected chi connectivity index (χ2v) is 8.74. The van der Waals surface area contributed by atoms with E-state index < -0.39 is 10.0 Å². The van der Waals surface area contributed by atoms with Gasteiger partial charge in [-0.1, -0.05) is 30.3 Å². The lowest BCUT2D eigenvalue weighted by atomic mass is 10.1. The molecular formula is C20H19N3O4S2. The number of anilines is 2. The first-order valence-electron chi connectivity index (χ1n) is 8.84. The van der Waals surface area contributed by atoms with E-state index >= 15 is 0 Å². The summed E-state index contributed by atoms with van der Waals surface area (Å²) in [6.45, 7) is 0. The molecule has 2 N–H and O–H groups in total. The second kappa shape index (κ2) is 9.44. The predicted molar refractivity (Wildman–Crippen MR) is 113 cm³/mol. The number of Topliss-reactive ketones (excluding diaryl/α,β-unsaturated/α-hetero) is 1. The van der Waals surface area contributed by atoms with Crippen molar-refractivity contribution in [3.8, 4) is 0 Å². The fraction of sp³-hybridized carbons (Fsp3) is 0.150. The van der Waals surface area contributed by atoms with E-state index in [0.29, 0.717) is 17.7 Å². The van der Waals surface area contributed by atoms with Gasteiger partial charge in [-0.15, -0.1) is 11.3 Å². The van der Waals surface area contributed by atoms with Crippen LogP contribution in [-0.2, 0) is 14.8 Å². The number of aromatic nitrogens is 1. The molecule has 3 aromatic rings. The van der Waals surface area contributed by atoms with Gasteiger partial charge in [0.1, 0.15) is 0 Å². The van der Waals surface area contributed by atoms with Crippen molar-refractivity contribution in [1.82, 2.24) is 4.98 Å². The highest BCUT2D eigenvalue weighted by Gasteiger charge is 2.15. The van der Waals surface area contributed by atoms with Crippen LogP contribution in [0.25, 0.3) is 0 Å². The Morgan fingerprint density at radius 1 is 0.966 bits per heavy atom. The number of hydrogen-bond acceptors (Lipinski definition) is 6. The van der Waals surface area contributed by atoms with Gasteiger partial charge in [-0.25, -0.2) is 13.4 Å². The summed E-state index contributed by atoms with van der Waals surface area (Å²) < 4.78 is 27.0. The Hall–Kier alpha value is -3.04. The Morgan fingerprint density at radius 2 is 1.69 bits per heavy atom. The highest BCUT2D eigenvalue weighted by molar-refractivity contribution is 7.93. The standard InChI is InChI=1S/C20H19N3O4S2/c24-18(15-5-2-1-3-6-15)7-4-8-19(25)22-16-9-11-17(12-10-16)29(26,27)23-20-21-13-14-28-20/h1-3,5-6,9-14H,4,7-8H2,(H,21,23)(H,22,25). The molecule has 150 valence electrons. The molecule has 1 heterocycles. The maximum absolute atomic E-state index is 12.3. The molecule has 9 heteroatoms. The molecule has 0 atom stereocenters. The molecule has 0 spiro atoms. The van der Waals surface area contributed by atoms with Crippen LogP contribution in [0.1, 0.15) is 29.6 Å². The zero-order valence-corrected chi connectivity index (χ0v) is 17.0. The molecule has 0 radical (unpaired) electrons. The molecule has 3 rings (SSSR count). The summed E-state index contributed by atoms with van der Waals surface area (Å²) >= 11 is 1.18. The first kappa shape index (κ1) is 20.7. The quantitative estimate of drug-likeness (QED) is 0.501. The van der Waals surface area contributed by atoms with Crippen LogP contribution in [0, 0.1) is 0 Å². The van der Waals surface area contributed by atoms with E-state index in [2.05, 4.69) is 15.0 Å². The number of carbonyl (C=O) groups excluding carboxylic acids is 2. The summed E-state index contributed by atoms with van der Waals surface area (Å²) in [5.74, 6) is -0.233. The maximum atomic E-state index is 12.3. The van der Waals surface area contributed by atoms with Crippen molar-refractivity contribution < 1.29 is 18.0 Å². The molecule has 0 saturated heterocycles. The van der Waals surface area contributed by atoms with Crippen molar-refractivity contribution in [2.45, 2.75) is 24.2 Å². The van der Waals surface area contributed by atoms with E-state index in [1.165, 1.54) is 41.8 Å². The second-order valence-electron chi connectivity index (χ2n) is 6.16. The fourth-order valence-electron chi connectivity index (χ4n) is 2.57. The third-order valence-corrected chi connectivity index (χ3v) is 6.18. The smallest absolute Gasteiger partial charge is 0.263 e. The molecule has 0 unspecified atom stereocenters. The van der Waals surface area contributed by atoms with E-state index in [0.717, 1.165) is 0 Å². The van der Waals surface area contributed by atoms with Gasteiger partial charge in [-0.3, -0.25) is 14.3 Å². The molecule has 0 bridgehead atoms. The highest BCUT2D eigenvalue weighted by Crippen LogP contribution is 2.19. The number of ketones is 1. The van der Waals surface area contributed by atoms with Crippen LogP contribution in [0.5, 0.6) is 0 Å². The van der Waals surface area contributed by atoms with Gasteiger partial charge in [0.05, 0.1) is 4.90 Å². The van der Waals surface area contributed by atoms with Gasteiger partial charge < -0.3 is 5.32 Å². The predicted octanol–water partition coefficient (Wildman–Crippen LogP) is 3.94. The number of rotatable bonds is 9. The summed E-state index contributed by atoms with van der Waals surface area (Å²) in [6.07, 6.45) is 2.43. The minimum atomic E-state index is -3.73. The van der Waals surface area contributed by atoms with Crippen LogP contribution in [0.15, 0.2) is 71.1 Å². The molecule has 29 heavy (non-hydrogen) atoms. The van der Waals surface area contributed by atoms with Gasteiger partial charge in [-0.2, -0.15) is 0 Å². The molecule has 0 aliphatic rings. The number of hydrogen-bond donors (Lipinski definition) is 2. The molecule has 0 aliphatic carbocycles. The summed E-state index contributed by atoms with van der Waals surface area (Å²) in [5, 5.41) is 4.66. The average Bonchev–Trinajstić information content (AvgIpc) is 3.21. The third kappa shape index (κ3) is 5.97. The van der Waals surface area contributed by atoms with E-state index in [1.807, 2.05) is 6.07 Å². The van der Waals surface area contributed by atoms with Gasteiger partial charge in [0.15, 0.2) is 10.9 Å². The molecule has 2 aromatic carbocycles. The Labute approximate surface area is 172 Å². The van der Waals surface area contributed by atoms with Crippen LogP contribution < -0.4 is 10.0 Å². The van der Waals surface area contributed by atoms with Crippen LogP contribution in [0.3, 0.4) is 0 Å². The Morgan fingerprint density at radius 3 is 2.34 bits per heavy atom.